The van der Waals surface area contributed by atoms with E-state index in [0.29, 0.717) is 0 Å². The fourth-order valence-corrected chi connectivity index (χ4v) is 12.8. The lowest BCUT2D eigenvalue weighted by Gasteiger charge is -2.34. The largest absolute Gasteiger partial charge is 0.0713 e. The highest BCUT2D eigenvalue weighted by atomic mass is 14.5. The normalized spacial score (nSPS) is 16.8. The second-order valence-electron chi connectivity index (χ2n) is 19.2. The van der Waals surface area contributed by atoms with Crippen LogP contribution < -0.4 is 0 Å². The lowest BCUT2D eigenvalue weighted by molar-refractivity contribution is 0.768. The summed E-state index contributed by atoms with van der Waals surface area (Å²) in [6.45, 7) is 4.36. The molecule has 2 atom stereocenters. The fourth-order valence-electron chi connectivity index (χ4n) is 12.8. The van der Waals surface area contributed by atoms with E-state index in [-0.39, 0.29) is 0 Å². The summed E-state index contributed by atoms with van der Waals surface area (Å²) in [5.74, 6) is 0. The summed E-state index contributed by atoms with van der Waals surface area (Å²) < 4.78 is 0. The zero-order valence-electron chi connectivity index (χ0n) is 38.1. The van der Waals surface area contributed by atoms with Crippen molar-refractivity contribution >= 4 is 32.3 Å². The van der Waals surface area contributed by atoms with Gasteiger partial charge >= 0.3 is 0 Å². The van der Waals surface area contributed by atoms with Gasteiger partial charge in [-0.05, 0) is 147 Å². The lowest BCUT2D eigenvalue weighted by Crippen LogP contribution is -2.28. The molecule has 2 aliphatic carbocycles. The highest BCUT2D eigenvalue weighted by Crippen LogP contribution is 2.59. The van der Waals surface area contributed by atoms with E-state index in [1.54, 1.807) is 0 Å². The maximum absolute atomic E-state index is 2.51. The number of hydrogen-bond acceptors (Lipinski definition) is 0. The zero-order chi connectivity index (χ0) is 45.1. The molecule has 12 aromatic rings. The van der Waals surface area contributed by atoms with Gasteiger partial charge in [0.05, 0.1) is 10.8 Å². The van der Waals surface area contributed by atoms with Crippen LogP contribution in [0.1, 0.15) is 55.6 Å². The van der Waals surface area contributed by atoms with Crippen LogP contribution in [0.5, 0.6) is 0 Å². The molecule has 0 spiro atoms. The van der Waals surface area contributed by atoms with E-state index in [4.69, 9.17) is 0 Å². The van der Waals surface area contributed by atoms with Crippen LogP contribution in [-0.4, -0.2) is 0 Å². The van der Waals surface area contributed by atoms with Crippen molar-refractivity contribution in [3.05, 3.63) is 298 Å². The summed E-state index contributed by atoms with van der Waals surface area (Å²) in [5.41, 5.74) is 22.2. The number of aryl methyl sites for hydroxylation is 2. The standard InChI is InChI=1S/C68H46/c1-43-21-31-51(32-22-43)67(49-13-5-3-6-14-49)61-19-11-9-17-55(61)57-37-29-47(41-63(57)67)53-35-25-45-28-40-60-54(36-26-46-27-39-59(53)65(45)66(46)60)48-30-38-58-56-18-10-12-20-62(56)68(64(58)42-48,50-15-7-4-8-16-50)52-33-23-44(2)24-34-52/h3-42H,1-2H3. The van der Waals surface area contributed by atoms with Gasteiger partial charge in [0.25, 0.3) is 0 Å². The number of fused-ring (bicyclic) bond motifs is 6. The van der Waals surface area contributed by atoms with Crippen molar-refractivity contribution < 1.29 is 0 Å². The number of rotatable bonds is 6. The van der Waals surface area contributed by atoms with Crippen molar-refractivity contribution in [3.8, 4) is 44.5 Å². The quantitative estimate of drug-likeness (QED) is 0.146. The van der Waals surface area contributed by atoms with E-state index in [2.05, 4.69) is 257 Å². The van der Waals surface area contributed by atoms with Crippen LogP contribution in [-0.2, 0) is 10.8 Å². The minimum absolute atomic E-state index is 0.468. The first-order valence-corrected chi connectivity index (χ1v) is 24.0. The highest BCUT2D eigenvalue weighted by molar-refractivity contribution is 6.27. The average Bonchev–Trinajstić information content (AvgIpc) is 3.86. The maximum atomic E-state index is 2.51. The van der Waals surface area contributed by atoms with Crippen LogP contribution in [0.4, 0.5) is 0 Å². The fraction of sp³-hybridized carbons (Fsp3) is 0.0588. The molecule has 0 aliphatic heterocycles. The van der Waals surface area contributed by atoms with Crippen molar-refractivity contribution in [2.75, 3.05) is 0 Å². The Hall–Kier alpha value is -8.32. The van der Waals surface area contributed by atoms with Gasteiger partial charge in [-0.2, -0.15) is 0 Å². The SMILES string of the molecule is Cc1ccc(C2(c3ccccc3)c3ccccc3-c3ccc(-c4ccc5ccc6c(-c7ccc8c(c7)C(c7ccccc7)(c7ccc(C)cc7)c7ccccc7-8)ccc7ccc4c5c76)cc32)cc1. The van der Waals surface area contributed by atoms with Gasteiger partial charge < -0.3 is 0 Å². The van der Waals surface area contributed by atoms with Gasteiger partial charge in [0, 0.05) is 0 Å². The van der Waals surface area contributed by atoms with Crippen molar-refractivity contribution in [2.45, 2.75) is 24.7 Å². The van der Waals surface area contributed by atoms with Crippen LogP contribution >= 0.6 is 0 Å². The third kappa shape index (κ3) is 5.26. The third-order valence-corrected chi connectivity index (χ3v) is 15.8. The van der Waals surface area contributed by atoms with Crippen LogP contribution in [0.3, 0.4) is 0 Å². The molecular weight excluding hydrogens is 817 g/mol. The van der Waals surface area contributed by atoms with E-state index >= 15 is 0 Å². The molecule has 0 heterocycles. The average molecular weight is 863 g/mol. The highest BCUT2D eigenvalue weighted by Gasteiger charge is 2.47. The molecule has 0 heteroatoms. The van der Waals surface area contributed by atoms with Gasteiger partial charge in [-0.25, -0.2) is 0 Å². The molecule has 2 aliphatic rings. The summed E-state index contributed by atoms with van der Waals surface area (Å²) in [6, 6.07) is 92.2. The lowest BCUT2D eigenvalue weighted by atomic mass is 9.67. The Kier molecular flexibility index (Phi) is 8.35. The zero-order valence-corrected chi connectivity index (χ0v) is 38.1. The molecule has 12 aromatic carbocycles. The molecule has 0 radical (unpaired) electrons. The molecule has 0 bridgehead atoms. The van der Waals surface area contributed by atoms with Gasteiger partial charge in [0.2, 0.25) is 0 Å². The second-order valence-corrected chi connectivity index (χ2v) is 19.2. The monoisotopic (exact) mass is 862 g/mol. The summed E-state index contributed by atoms with van der Waals surface area (Å²) in [6.07, 6.45) is 0. The maximum Gasteiger partial charge on any atom is 0.0713 e. The Morgan fingerprint density at radius 1 is 0.250 bits per heavy atom. The van der Waals surface area contributed by atoms with Gasteiger partial charge in [-0.1, -0.05) is 242 Å². The Morgan fingerprint density at radius 2 is 0.588 bits per heavy atom. The molecular formula is C68H46. The van der Waals surface area contributed by atoms with Crippen LogP contribution in [0.2, 0.25) is 0 Å². The topological polar surface area (TPSA) is 0 Å². The Labute approximate surface area is 397 Å². The van der Waals surface area contributed by atoms with Gasteiger partial charge in [0.15, 0.2) is 0 Å². The minimum atomic E-state index is -0.468. The van der Waals surface area contributed by atoms with Crippen molar-refractivity contribution in [2.24, 2.45) is 0 Å². The molecule has 0 saturated carbocycles. The molecule has 0 N–H and O–H groups in total. The van der Waals surface area contributed by atoms with E-state index in [0.717, 1.165) is 0 Å². The van der Waals surface area contributed by atoms with Crippen molar-refractivity contribution in [1.82, 2.24) is 0 Å². The molecule has 0 aromatic heterocycles. The Morgan fingerprint density at radius 3 is 1.01 bits per heavy atom. The summed E-state index contributed by atoms with van der Waals surface area (Å²) in [7, 11) is 0. The van der Waals surface area contributed by atoms with E-state index in [1.807, 2.05) is 0 Å². The number of hydrogen-bond donors (Lipinski definition) is 0. The molecule has 14 rings (SSSR count). The predicted octanol–water partition coefficient (Wildman–Crippen LogP) is 17.3. The molecule has 0 saturated heterocycles. The van der Waals surface area contributed by atoms with Crippen LogP contribution in [0.15, 0.2) is 243 Å². The first-order valence-electron chi connectivity index (χ1n) is 24.0. The summed E-state index contributed by atoms with van der Waals surface area (Å²) >= 11 is 0. The smallest absolute Gasteiger partial charge is 0.0622 e. The summed E-state index contributed by atoms with van der Waals surface area (Å²) in [4.78, 5) is 0. The van der Waals surface area contributed by atoms with E-state index in [1.165, 1.54) is 132 Å². The molecule has 0 fully saturated rings. The first kappa shape index (κ1) is 38.9. The van der Waals surface area contributed by atoms with Crippen LogP contribution in [0, 0.1) is 13.8 Å². The Bertz CT molecular complexity index is 3690. The van der Waals surface area contributed by atoms with E-state index in [9.17, 15) is 0 Å². The van der Waals surface area contributed by atoms with Gasteiger partial charge in [-0.15, -0.1) is 0 Å². The Balaban J connectivity index is 0.976. The van der Waals surface area contributed by atoms with Gasteiger partial charge in [-0.3, -0.25) is 0 Å². The minimum Gasteiger partial charge on any atom is -0.0622 e. The first-order chi connectivity index (χ1) is 33.5. The molecule has 0 nitrogen and oxygen atoms in total. The summed E-state index contributed by atoms with van der Waals surface area (Å²) in [5, 5.41) is 7.72. The van der Waals surface area contributed by atoms with Crippen molar-refractivity contribution in [1.29, 1.82) is 0 Å². The number of benzene rings is 12. The second kappa shape index (κ2) is 14.6. The predicted molar refractivity (Wildman–Crippen MR) is 285 cm³/mol. The molecule has 0 amide bonds. The van der Waals surface area contributed by atoms with Crippen molar-refractivity contribution in [3.63, 3.8) is 0 Å². The third-order valence-electron chi connectivity index (χ3n) is 15.8. The van der Waals surface area contributed by atoms with E-state index < -0.39 is 10.8 Å². The molecule has 2 unspecified atom stereocenters. The molecule has 318 valence electrons. The van der Waals surface area contributed by atoms with Crippen LogP contribution in [0.25, 0.3) is 76.8 Å². The molecule has 68 heavy (non-hydrogen) atoms. The van der Waals surface area contributed by atoms with Gasteiger partial charge in [0.1, 0.15) is 0 Å².